The summed E-state index contributed by atoms with van der Waals surface area (Å²) in [5.74, 6) is 0. The number of fused-ring (bicyclic) bond motifs is 1. The van der Waals surface area contributed by atoms with E-state index in [-0.39, 0.29) is 23.4 Å². The van der Waals surface area contributed by atoms with Crippen molar-refractivity contribution in [3.05, 3.63) is 70.0 Å². The molecule has 3 N–H and O–H groups in total. The van der Waals surface area contributed by atoms with Gasteiger partial charge in [0.1, 0.15) is 5.52 Å². The van der Waals surface area contributed by atoms with Crippen molar-refractivity contribution in [2.24, 2.45) is 5.73 Å². The Balaban J connectivity index is 0.00000210. The Kier molecular flexibility index (Phi) is 5.84. The van der Waals surface area contributed by atoms with Gasteiger partial charge in [0.15, 0.2) is 18.4 Å². The predicted octanol–water partition coefficient (Wildman–Crippen LogP) is -0.120. The van der Waals surface area contributed by atoms with E-state index in [1.54, 1.807) is 0 Å². The maximum Gasteiger partial charge on any atom is 0.259 e. The van der Waals surface area contributed by atoms with Gasteiger partial charge in [-0.05, 0) is 30.5 Å². The summed E-state index contributed by atoms with van der Waals surface area (Å²) in [7, 11) is 0. The molecule has 0 spiro atoms. The van der Waals surface area contributed by atoms with Crippen molar-refractivity contribution in [2.75, 3.05) is 6.54 Å². The highest BCUT2D eigenvalue weighted by Crippen LogP contribution is 2.41. The highest BCUT2D eigenvalue weighted by molar-refractivity contribution is 6.30. The van der Waals surface area contributed by atoms with E-state index >= 15 is 0 Å². The zero-order valence-corrected chi connectivity index (χ0v) is 16.4. The van der Waals surface area contributed by atoms with Crippen molar-refractivity contribution in [1.82, 2.24) is 9.97 Å². The third-order valence-corrected chi connectivity index (χ3v) is 6.00. The molecular formula is C20H22Cl2N4O. The number of H-pyrrole nitrogens is 1. The maximum absolute atomic E-state index is 11.8. The minimum absolute atomic E-state index is 0. The summed E-state index contributed by atoms with van der Waals surface area (Å²) in [5.41, 5.74) is 8.05. The first-order valence-electron chi connectivity index (χ1n) is 8.96. The van der Waals surface area contributed by atoms with E-state index in [2.05, 4.69) is 20.6 Å². The Bertz CT molecular complexity index is 996. The number of rotatable bonds is 3. The fourth-order valence-electron chi connectivity index (χ4n) is 4.14. The van der Waals surface area contributed by atoms with Gasteiger partial charge in [0.05, 0.1) is 11.7 Å². The average molecular weight is 405 g/mol. The molecule has 1 aromatic carbocycles. The summed E-state index contributed by atoms with van der Waals surface area (Å²) in [6.07, 6.45) is 9.51. The van der Waals surface area contributed by atoms with Crippen molar-refractivity contribution in [3.8, 4) is 0 Å². The van der Waals surface area contributed by atoms with Crippen LogP contribution in [0.4, 0.5) is 0 Å². The van der Waals surface area contributed by atoms with Crippen LogP contribution in [0.15, 0.2) is 53.8 Å². The van der Waals surface area contributed by atoms with Gasteiger partial charge in [0, 0.05) is 35.9 Å². The molecule has 0 unspecified atom stereocenters. The first-order valence-corrected chi connectivity index (χ1v) is 9.33. The molecule has 0 amide bonds. The van der Waals surface area contributed by atoms with Crippen LogP contribution >= 0.6 is 11.6 Å². The van der Waals surface area contributed by atoms with Crippen LogP contribution in [-0.2, 0) is 5.41 Å². The number of benzene rings is 1. The summed E-state index contributed by atoms with van der Waals surface area (Å²) < 4.78 is 2.19. The van der Waals surface area contributed by atoms with Gasteiger partial charge in [-0.25, -0.2) is 9.55 Å². The van der Waals surface area contributed by atoms with Crippen molar-refractivity contribution >= 4 is 22.5 Å². The van der Waals surface area contributed by atoms with E-state index in [0.717, 1.165) is 36.2 Å². The van der Waals surface area contributed by atoms with Gasteiger partial charge in [0.25, 0.3) is 5.56 Å². The molecule has 7 heteroatoms. The van der Waals surface area contributed by atoms with E-state index in [9.17, 15) is 4.79 Å². The van der Waals surface area contributed by atoms with Crippen molar-refractivity contribution in [3.63, 3.8) is 0 Å². The fourth-order valence-corrected chi connectivity index (χ4v) is 4.33. The monoisotopic (exact) mass is 404 g/mol. The van der Waals surface area contributed by atoms with Crippen LogP contribution in [0.5, 0.6) is 0 Å². The van der Waals surface area contributed by atoms with Gasteiger partial charge in [-0.2, -0.15) is 0 Å². The van der Waals surface area contributed by atoms with E-state index in [4.69, 9.17) is 17.3 Å². The van der Waals surface area contributed by atoms with Gasteiger partial charge < -0.3 is 23.1 Å². The molecule has 1 fully saturated rings. The normalized spacial score (nSPS) is 22.4. The smallest absolute Gasteiger partial charge is 0.259 e. The van der Waals surface area contributed by atoms with Crippen LogP contribution in [-0.4, -0.2) is 16.5 Å². The Morgan fingerprint density at radius 1 is 1.30 bits per heavy atom. The summed E-state index contributed by atoms with van der Waals surface area (Å²) in [6.45, 7) is 0.624. The molecule has 0 aliphatic heterocycles. The quantitative estimate of drug-likeness (QED) is 0.597. The second-order valence-electron chi connectivity index (χ2n) is 7.15. The molecule has 4 rings (SSSR count). The maximum atomic E-state index is 11.8. The van der Waals surface area contributed by atoms with Gasteiger partial charge in [-0.1, -0.05) is 23.7 Å². The molecule has 1 aliphatic rings. The average Bonchev–Trinajstić information content (AvgIpc) is 2.68. The molecule has 0 bridgehead atoms. The third kappa shape index (κ3) is 3.72. The summed E-state index contributed by atoms with van der Waals surface area (Å²) in [6, 6.07) is 10.3. The van der Waals surface area contributed by atoms with Crippen LogP contribution < -0.4 is 28.3 Å². The van der Waals surface area contributed by atoms with Gasteiger partial charge >= 0.3 is 0 Å². The highest BCUT2D eigenvalue weighted by atomic mass is 35.5. The van der Waals surface area contributed by atoms with Gasteiger partial charge in [0.2, 0.25) is 0 Å². The van der Waals surface area contributed by atoms with Crippen LogP contribution in [0.2, 0.25) is 5.02 Å². The van der Waals surface area contributed by atoms with E-state index in [1.807, 2.05) is 36.7 Å². The Labute approximate surface area is 169 Å². The summed E-state index contributed by atoms with van der Waals surface area (Å²) in [4.78, 5) is 18.7. The van der Waals surface area contributed by atoms with Crippen molar-refractivity contribution < 1.29 is 17.0 Å². The minimum atomic E-state index is -0.103. The van der Waals surface area contributed by atoms with E-state index < -0.39 is 0 Å². The molecule has 27 heavy (non-hydrogen) atoms. The molecule has 5 nitrogen and oxygen atoms in total. The lowest BCUT2D eigenvalue weighted by Gasteiger charge is -2.38. The van der Waals surface area contributed by atoms with Crippen molar-refractivity contribution in [2.45, 2.75) is 37.1 Å². The number of nitrogens with two attached hydrogens (primary N) is 1. The molecule has 0 saturated heterocycles. The lowest BCUT2D eigenvalue weighted by Crippen LogP contribution is -3.00. The zero-order valence-electron chi connectivity index (χ0n) is 14.9. The molecule has 0 atom stereocenters. The first kappa shape index (κ1) is 19.8. The van der Waals surface area contributed by atoms with Gasteiger partial charge in [-0.3, -0.25) is 4.79 Å². The fraction of sp³-hybridized carbons (Fsp3) is 0.350. The molecule has 1 aliphatic carbocycles. The van der Waals surface area contributed by atoms with Crippen LogP contribution in [0, 0.1) is 0 Å². The Morgan fingerprint density at radius 3 is 2.78 bits per heavy atom. The van der Waals surface area contributed by atoms with Crippen LogP contribution in [0.25, 0.3) is 10.9 Å². The lowest BCUT2D eigenvalue weighted by atomic mass is 9.68. The largest absolute Gasteiger partial charge is 1.00 e. The topological polar surface area (TPSA) is 75.7 Å². The summed E-state index contributed by atoms with van der Waals surface area (Å²) in [5, 5.41) is 1.38. The molecule has 142 valence electrons. The van der Waals surface area contributed by atoms with Crippen LogP contribution in [0.3, 0.4) is 0 Å². The lowest BCUT2D eigenvalue weighted by molar-refractivity contribution is -0.725. The Hall–Kier alpha value is -1.95. The van der Waals surface area contributed by atoms with E-state index in [1.165, 1.54) is 11.9 Å². The van der Waals surface area contributed by atoms with E-state index in [0.29, 0.717) is 18.0 Å². The molecular weight excluding hydrogens is 383 g/mol. The molecule has 0 radical (unpaired) electrons. The third-order valence-electron chi connectivity index (χ3n) is 5.77. The number of aromatic amines is 1. The second-order valence-corrected chi connectivity index (χ2v) is 7.59. The number of nitrogens with zero attached hydrogens (tertiary/aromatic N) is 2. The Morgan fingerprint density at radius 2 is 2.07 bits per heavy atom. The number of halogens is 2. The second kappa shape index (κ2) is 7.97. The predicted molar refractivity (Wildman–Crippen MR) is 102 cm³/mol. The minimum Gasteiger partial charge on any atom is -1.00 e. The number of aromatic nitrogens is 3. The molecule has 3 aromatic rings. The standard InChI is InChI=1S/C20H21ClN4O.ClH/c21-15-3-1-2-14(10-15)20(12-22)7-4-16(5-8-20)25-9-6-17-18(11-25)23-13-24-19(17)26;/h1-3,6,9-11,13,16H,4-5,7-8,12,22H2;1H/t16-,20+;. The zero-order chi connectivity index (χ0) is 18.1. The number of hydrogen-bond acceptors (Lipinski definition) is 3. The molecule has 2 aromatic heterocycles. The van der Waals surface area contributed by atoms with Gasteiger partial charge in [-0.15, -0.1) is 0 Å². The molecule has 2 heterocycles. The van der Waals surface area contributed by atoms with Crippen molar-refractivity contribution in [1.29, 1.82) is 0 Å². The number of nitrogens with one attached hydrogen (secondary N) is 1. The number of hydrogen-bond donors (Lipinski definition) is 2. The summed E-state index contributed by atoms with van der Waals surface area (Å²) >= 11 is 6.20. The van der Waals surface area contributed by atoms with Crippen LogP contribution in [0.1, 0.15) is 37.3 Å². The number of pyridine rings is 1. The highest BCUT2D eigenvalue weighted by Gasteiger charge is 2.38. The molecule has 1 saturated carbocycles. The SMILES string of the molecule is NC[C@]1(c2cccc(Cl)c2)CC[C@@H]([n+]2ccc3c(=O)[nH]cnc3c2)CC1.[Cl-]. The first-order chi connectivity index (χ1) is 12.6.